The quantitative estimate of drug-likeness (QED) is 0.792. The Morgan fingerprint density at radius 1 is 1.29 bits per heavy atom. The number of hydrogen-bond acceptors (Lipinski definition) is 5. The van der Waals surface area contributed by atoms with E-state index in [1.807, 2.05) is 39.8 Å². The topological polar surface area (TPSA) is 72.5 Å². The Kier molecular flexibility index (Phi) is 4.25. The van der Waals surface area contributed by atoms with Gasteiger partial charge in [-0.3, -0.25) is 4.79 Å². The second-order valence-electron chi connectivity index (χ2n) is 6.06. The summed E-state index contributed by atoms with van der Waals surface area (Å²) in [4.78, 5) is 15.6. The Morgan fingerprint density at radius 2 is 1.90 bits per heavy atom. The zero-order chi connectivity index (χ0) is 15.7. The summed E-state index contributed by atoms with van der Waals surface area (Å²) in [5, 5.41) is 5.57. The van der Waals surface area contributed by atoms with E-state index >= 15 is 0 Å². The highest BCUT2D eigenvalue weighted by atomic mass is 16.7. The zero-order valence-corrected chi connectivity index (χ0v) is 13.2. The molecule has 6 nitrogen and oxygen atoms in total. The Morgan fingerprint density at radius 3 is 2.48 bits per heavy atom. The van der Waals surface area contributed by atoms with Crippen molar-refractivity contribution in [2.45, 2.75) is 38.9 Å². The van der Waals surface area contributed by atoms with Crippen LogP contribution in [-0.2, 0) is 14.1 Å². The Bertz CT molecular complexity index is 518. The van der Waals surface area contributed by atoms with Crippen molar-refractivity contribution in [3.63, 3.8) is 0 Å². The minimum Gasteiger partial charge on any atom is -0.399 e. The fourth-order valence-electron chi connectivity index (χ4n) is 1.98. The maximum absolute atomic E-state index is 11.4. The van der Waals surface area contributed by atoms with E-state index in [1.54, 1.807) is 13.2 Å². The van der Waals surface area contributed by atoms with Gasteiger partial charge in [0.15, 0.2) is 0 Å². The van der Waals surface area contributed by atoms with Crippen LogP contribution in [0.2, 0.25) is 0 Å². The molecule has 1 amide bonds. The molecule has 2 N–H and O–H groups in total. The van der Waals surface area contributed by atoms with Crippen LogP contribution in [-0.4, -0.2) is 42.8 Å². The van der Waals surface area contributed by atoms with E-state index in [2.05, 4.69) is 15.6 Å². The second kappa shape index (κ2) is 5.65. The molecule has 0 unspecified atom stereocenters. The van der Waals surface area contributed by atoms with Crippen LogP contribution in [0.15, 0.2) is 18.3 Å². The molecule has 0 atom stereocenters. The molecular formula is C14H22BN3O3. The number of carbonyl (C=O) groups is 1. The van der Waals surface area contributed by atoms with Crippen LogP contribution in [0.4, 0.5) is 5.82 Å². The average Bonchev–Trinajstić information content (AvgIpc) is 2.65. The zero-order valence-electron chi connectivity index (χ0n) is 13.2. The van der Waals surface area contributed by atoms with Gasteiger partial charge in [-0.1, -0.05) is 6.07 Å². The molecule has 114 valence electrons. The fourth-order valence-corrected chi connectivity index (χ4v) is 1.98. The number of rotatable bonds is 4. The van der Waals surface area contributed by atoms with E-state index < -0.39 is 18.3 Å². The van der Waals surface area contributed by atoms with Gasteiger partial charge >= 0.3 is 7.12 Å². The molecule has 0 spiro atoms. The number of hydrogen-bond donors (Lipinski definition) is 2. The molecule has 0 radical (unpaired) electrons. The van der Waals surface area contributed by atoms with Gasteiger partial charge in [0.25, 0.3) is 0 Å². The fraction of sp³-hybridized carbons (Fsp3) is 0.571. The molecule has 1 saturated heterocycles. The Labute approximate surface area is 125 Å². The number of nitrogens with one attached hydrogen (secondary N) is 2. The maximum Gasteiger partial charge on any atom is 0.498 e. The Hall–Kier alpha value is -1.60. The highest BCUT2D eigenvalue weighted by Gasteiger charge is 2.52. The Balaban J connectivity index is 2.20. The van der Waals surface area contributed by atoms with Crippen LogP contribution in [0.5, 0.6) is 0 Å². The van der Waals surface area contributed by atoms with Gasteiger partial charge in [-0.25, -0.2) is 4.98 Å². The molecule has 21 heavy (non-hydrogen) atoms. The minimum atomic E-state index is -0.504. The van der Waals surface area contributed by atoms with Crippen molar-refractivity contribution in [1.29, 1.82) is 0 Å². The molecule has 7 heteroatoms. The number of pyridine rings is 1. The lowest BCUT2D eigenvalue weighted by Gasteiger charge is -2.32. The van der Waals surface area contributed by atoms with Crippen molar-refractivity contribution in [2.24, 2.45) is 0 Å². The molecular weight excluding hydrogens is 269 g/mol. The lowest BCUT2D eigenvalue weighted by atomic mass is 9.79. The summed E-state index contributed by atoms with van der Waals surface area (Å²) in [6, 6.07) is 3.72. The van der Waals surface area contributed by atoms with Gasteiger partial charge in [0, 0.05) is 18.7 Å². The molecule has 1 aromatic rings. The summed E-state index contributed by atoms with van der Waals surface area (Å²) < 4.78 is 12.0. The van der Waals surface area contributed by atoms with E-state index in [0.717, 1.165) is 5.46 Å². The lowest BCUT2D eigenvalue weighted by molar-refractivity contribution is -0.118. The van der Waals surface area contributed by atoms with E-state index in [9.17, 15) is 4.79 Å². The van der Waals surface area contributed by atoms with Gasteiger partial charge in [-0.05, 0) is 33.8 Å². The van der Waals surface area contributed by atoms with Crippen LogP contribution in [0.25, 0.3) is 0 Å². The first-order chi connectivity index (χ1) is 9.77. The molecule has 0 aromatic carbocycles. The van der Waals surface area contributed by atoms with Crippen molar-refractivity contribution in [2.75, 3.05) is 18.9 Å². The van der Waals surface area contributed by atoms with E-state index in [1.165, 1.54) is 0 Å². The molecule has 0 aliphatic carbocycles. The first kappa shape index (κ1) is 15.8. The van der Waals surface area contributed by atoms with Crippen molar-refractivity contribution in [3.8, 4) is 0 Å². The summed E-state index contributed by atoms with van der Waals surface area (Å²) in [5.41, 5.74) is -0.0306. The first-order valence-electron chi connectivity index (χ1n) is 7.02. The van der Waals surface area contributed by atoms with Gasteiger partial charge in [0.05, 0.1) is 17.7 Å². The molecule has 2 heterocycles. The van der Waals surface area contributed by atoms with Gasteiger partial charge in [0.2, 0.25) is 5.91 Å². The minimum absolute atomic E-state index is 0.111. The standard InChI is InChI=1S/C14H22BN3O3/c1-13(2)14(3,4)21-15(20-13)10-7-6-8-17-12(10)18-9-11(19)16-5/h6-8H,9H2,1-5H3,(H,16,19)(H,17,18). The number of anilines is 1. The molecule has 1 aliphatic heterocycles. The van der Waals surface area contributed by atoms with Gasteiger partial charge in [-0.15, -0.1) is 0 Å². The smallest absolute Gasteiger partial charge is 0.399 e. The first-order valence-corrected chi connectivity index (χ1v) is 7.02. The number of nitrogens with zero attached hydrogens (tertiary/aromatic N) is 1. The predicted molar refractivity (Wildman–Crippen MR) is 82.5 cm³/mol. The molecule has 1 aromatic heterocycles. The summed E-state index contributed by atoms with van der Waals surface area (Å²) in [6.07, 6.45) is 1.67. The molecule has 1 aliphatic rings. The lowest BCUT2D eigenvalue weighted by Crippen LogP contribution is -2.41. The third-order valence-corrected chi connectivity index (χ3v) is 4.04. The predicted octanol–water partition coefficient (Wildman–Crippen LogP) is 0.539. The third-order valence-electron chi connectivity index (χ3n) is 4.04. The average molecular weight is 291 g/mol. The van der Waals surface area contributed by atoms with Crippen LogP contribution in [0, 0.1) is 0 Å². The summed E-state index contributed by atoms with van der Waals surface area (Å²) in [5.74, 6) is 0.486. The summed E-state index contributed by atoms with van der Waals surface area (Å²) in [7, 11) is 1.09. The van der Waals surface area contributed by atoms with Crippen LogP contribution in [0.3, 0.4) is 0 Å². The number of amides is 1. The third kappa shape index (κ3) is 3.19. The maximum atomic E-state index is 11.4. The van der Waals surface area contributed by atoms with E-state index in [4.69, 9.17) is 9.31 Å². The van der Waals surface area contributed by atoms with E-state index in [-0.39, 0.29) is 12.5 Å². The highest BCUT2D eigenvalue weighted by molar-refractivity contribution is 6.63. The van der Waals surface area contributed by atoms with Gasteiger partial charge in [-0.2, -0.15) is 0 Å². The number of aromatic nitrogens is 1. The van der Waals surface area contributed by atoms with Crippen molar-refractivity contribution in [3.05, 3.63) is 18.3 Å². The largest absolute Gasteiger partial charge is 0.498 e. The SMILES string of the molecule is CNC(=O)CNc1ncccc1B1OC(C)(C)C(C)(C)O1. The van der Waals surface area contributed by atoms with Crippen molar-refractivity contribution in [1.82, 2.24) is 10.3 Å². The second-order valence-corrected chi connectivity index (χ2v) is 6.06. The van der Waals surface area contributed by atoms with Gasteiger partial charge in [0.1, 0.15) is 5.82 Å². The van der Waals surface area contributed by atoms with Crippen LogP contribution >= 0.6 is 0 Å². The summed E-state index contributed by atoms with van der Waals surface area (Å²) >= 11 is 0. The molecule has 0 bridgehead atoms. The number of likely N-dealkylation sites (N-methyl/N-ethyl adjacent to an activating group) is 1. The molecule has 1 fully saturated rings. The summed E-state index contributed by atoms with van der Waals surface area (Å²) in [6.45, 7) is 8.16. The van der Waals surface area contributed by atoms with E-state index in [0.29, 0.717) is 5.82 Å². The monoisotopic (exact) mass is 291 g/mol. The molecule has 0 saturated carbocycles. The van der Waals surface area contributed by atoms with Gasteiger partial charge < -0.3 is 19.9 Å². The van der Waals surface area contributed by atoms with Crippen LogP contribution < -0.4 is 16.1 Å². The highest BCUT2D eigenvalue weighted by Crippen LogP contribution is 2.36. The normalized spacial score (nSPS) is 19.4. The van der Waals surface area contributed by atoms with Crippen molar-refractivity contribution < 1.29 is 14.1 Å². The van der Waals surface area contributed by atoms with Crippen LogP contribution in [0.1, 0.15) is 27.7 Å². The van der Waals surface area contributed by atoms with Crippen molar-refractivity contribution >= 4 is 24.3 Å². The number of carbonyl (C=O) groups excluding carboxylic acids is 1. The molecule has 2 rings (SSSR count).